The number of benzene rings is 1. The second-order valence-electron chi connectivity index (χ2n) is 3.24. The van der Waals surface area contributed by atoms with Crippen LogP contribution in [0.2, 0.25) is 0 Å². The number of aromatic nitrogens is 1. The molecule has 15 heavy (non-hydrogen) atoms. The lowest BCUT2D eigenvalue weighted by Crippen LogP contribution is -2.28. The van der Waals surface area contributed by atoms with Gasteiger partial charge in [0, 0.05) is 11.9 Å². The van der Waals surface area contributed by atoms with Gasteiger partial charge in [-0.3, -0.25) is 4.79 Å². The number of nitrogens with one attached hydrogen (secondary N) is 1. The minimum atomic E-state index is -0.421. The first-order valence-corrected chi connectivity index (χ1v) is 4.81. The van der Waals surface area contributed by atoms with Crippen molar-refractivity contribution in [3.8, 4) is 5.75 Å². The molecule has 0 aliphatic heterocycles. The molecule has 4 nitrogen and oxygen atoms in total. The topological polar surface area (TPSA) is 54.3 Å². The Morgan fingerprint density at radius 1 is 1.40 bits per heavy atom. The summed E-state index contributed by atoms with van der Waals surface area (Å²) in [6.07, 6.45) is 0. The van der Waals surface area contributed by atoms with Crippen molar-refractivity contribution >= 4 is 10.9 Å². The summed E-state index contributed by atoms with van der Waals surface area (Å²) in [4.78, 5) is 11.6. The summed E-state index contributed by atoms with van der Waals surface area (Å²) >= 11 is 0. The second kappa shape index (κ2) is 3.65. The highest BCUT2D eigenvalue weighted by molar-refractivity contribution is 5.80. The summed E-state index contributed by atoms with van der Waals surface area (Å²) in [5.41, 5.74) is 3.25. The van der Waals surface area contributed by atoms with Crippen LogP contribution in [0.5, 0.6) is 5.75 Å². The van der Waals surface area contributed by atoms with Gasteiger partial charge in [0.2, 0.25) is 0 Å². The molecule has 0 saturated carbocycles. The summed E-state index contributed by atoms with van der Waals surface area (Å²) in [6.45, 7) is 2.51. The highest BCUT2D eigenvalue weighted by Crippen LogP contribution is 2.14. The van der Waals surface area contributed by atoms with Gasteiger partial charge in [0.25, 0.3) is 0 Å². The zero-order valence-electron chi connectivity index (χ0n) is 8.40. The van der Waals surface area contributed by atoms with E-state index in [9.17, 15) is 9.90 Å². The van der Waals surface area contributed by atoms with Gasteiger partial charge in [0.1, 0.15) is 0 Å². The molecule has 0 unspecified atom stereocenters. The van der Waals surface area contributed by atoms with Gasteiger partial charge >= 0.3 is 5.56 Å². The summed E-state index contributed by atoms with van der Waals surface area (Å²) in [5.74, 6) is -0.241. The van der Waals surface area contributed by atoms with Crippen LogP contribution in [0.1, 0.15) is 6.92 Å². The molecular weight excluding hydrogens is 192 g/mol. The standard InChI is InChI=1S/C11H12N2O2/c1-2-12-13-9-6-4-3-5-8(9)7-10(14)11(13)15/h3-7,12,14H,2H2,1H3. The molecule has 0 bridgehead atoms. The van der Waals surface area contributed by atoms with Gasteiger partial charge in [-0.05, 0) is 19.1 Å². The van der Waals surface area contributed by atoms with E-state index in [1.54, 1.807) is 0 Å². The smallest absolute Gasteiger partial charge is 0.311 e. The monoisotopic (exact) mass is 204 g/mol. The molecule has 0 aliphatic rings. The van der Waals surface area contributed by atoms with Gasteiger partial charge in [0.15, 0.2) is 5.75 Å². The average molecular weight is 204 g/mol. The van der Waals surface area contributed by atoms with Crippen LogP contribution in [0.3, 0.4) is 0 Å². The Morgan fingerprint density at radius 3 is 2.87 bits per heavy atom. The van der Waals surface area contributed by atoms with Crippen molar-refractivity contribution in [2.24, 2.45) is 0 Å². The van der Waals surface area contributed by atoms with Crippen LogP contribution in [0.25, 0.3) is 10.9 Å². The Morgan fingerprint density at radius 2 is 2.13 bits per heavy atom. The zero-order valence-corrected chi connectivity index (χ0v) is 8.40. The van der Waals surface area contributed by atoms with Gasteiger partial charge in [-0.15, -0.1) is 0 Å². The number of para-hydroxylation sites is 1. The zero-order chi connectivity index (χ0) is 10.8. The lowest BCUT2D eigenvalue weighted by Gasteiger charge is -2.11. The minimum Gasteiger partial charge on any atom is -0.503 e. The van der Waals surface area contributed by atoms with Crippen molar-refractivity contribution in [2.75, 3.05) is 12.0 Å². The van der Waals surface area contributed by atoms with Gasteiger partial charge < -0.3 is 10.5 Å². The highest BCUT2D eigenvalue weighted by atomic mass is 16.3. The van der Waals surface area contributed by atoms with Gasteiger partial charge in [-0.25, -0.2) is 4.68 Å². The lowest BCUT2D eigenvalue weighted by molar-refractivity contribution is 0.463. The van der Waals surface area contributed by atoms with E-state index in [0.29, 0.717) is 6.54 Å². The molecule has 4 heteroatoms. The molecule has 0 fully saturated rings. The maximum atomic E-state index is 11.6. The van der Waals surface area contributed by atoms with Crippen molar-refractivity contribution in [1.82, 2.24) is 4.68 Å². The molecule has 1 aromatic carbocycles. The minimum absolute atomic E-state index is 0.241. The van der Waals surface area contributed by atoms with Gasteiger partial charge in [-0.2, -0.15) is 0 Å². The van der Waals surface area contributed by atoms with Gasteiger partial charge in [0.05, 0.1) is 5.52 Å². The van der Waals surface area contributed by atoms with E-state index >= 15 is 0 Å². The van der Waals surface area contributed by atoms with Crippen LogP contribution in [0.4, 0.5) is 0 Å². The van der Waals surface area contributed by atoms with Crippen LogP contribution in [-0.2, 0) is 0 Å². The van der Waals surface area contributed by atoms with E-state index in [1.807, 2.05) is 31.2 Å². The Bertz CT molecular complexity index is 546. The summed E-state index contributed by atoms with van der Waals surface area (Å²) in [7, 11) is 0. The van der Waals surface area contributed by atoms with Crippen LogP contribution in [0, 0.1) is 0 Å². The number of aromatic hydroxyl groups is 1. The van der Waals surface area contributed by atoms with E-state index in [1.165, 1.54) is 10.7 Å². The predicted octanol–water partition coefficient (Wildman–Crippen LogP) is 1.27. The molecule has 0 spiro atoms. The van der Waals surface area contributed by atoms with E-state index in [2.05, 4.69) is 5.43 Å². The van der Waals surface area contributed by atoms with Crippen LogP contribution < -0.4 is 11.0 Å². The molecule has 1 heterocycles. The fourth-order valence-electron chi connectivity index (χ4n) is 1.56. The third-order valence-corrected chi connectivity index (χ3v) is 2.21. The van der Waals surface area contributed by atoms with Crippen molar-refractivity contribution in [3.05, 3.63) is 40.7 Å². The Balaban J connectivity index is 2.83. The molecule has 0 aliphatic carbocycles. The van der Waals surface area contributed by atoms with Crippen molar-refractivity contribution in [3.63, 3.8) is 0 Å². The third kappa shape index (κ3) is 1.54. The SMILES string of the molecule is CCNn1c(=O)c(O)cc2ccccc21. The predicted molar refractivity (Wildman–Crippen MR) is 59.8 cm³/mol. The first-order chi connectivity index (χ1) is 7.24. The third-order valence-electron chi connectivity index (χ3n) is 2.21. The number of rotatable bonds is 2. The summed E-state index contributed by atoms with van der Waals surface area (Å²) in [5, 5.41) is 10.3. The van der Waals surface area contributed by atoms with E-state index in [-0.39, 0.29) is 5.75 Å². The van der Waals surface area contributed by atoms with E-state index < -0.39 is 5.56 Å². The van der Waals surface area contributed by atoms with E-state index in [4.69, 9.17) is 0 Å². The van der Waals surface area contributed by atoms with Crippen molar-refractivity contribution < 1.29 is 5.11 Å². The number of nitrogens with zero attached hydrogens (tertiary/aromatic N) is 1. The fourth-order valence-corrected chi connectivity index (χ4v) is 1.56. The molecule has 0 saturated heterocycles. The molecule has 0 radical (unpaired) electrons. The molecule has 1 aromatic heterocycles. The number of hydrogen-bond acceptors (Lipinski definition) is 3. The fraction of sp³-hybridized carbons (Fsp3) is 0.182. The van der Waals surface area contributed by atoms with Crippen LogP contribution in [-0.4, -0.2) is 16.3 Å². The van der Waals surface area contributed by atoms with Crippen molar-refractivity contribution in [2.45, 2.75) is 6.92 Å². The Kier molecular flexibility index (Phi) is 2.33. The van der Waals surface area contributed by atoms with Gasteiger partial charge in [-0.1, -0.05) is 18.2 Å². The largest absolute Gasteiger partial charge is 0.503 e. The number of pyridine rings is 1. The average Bonchev–Trinajstić information content (AvgIpc) is 2.25. The molecule has 0 amide bonds. The molecule has 78 valence electrons. The second-order valence-corrected chi connectivity index (χ2v) is 3.24. The molecule has 0 atom stereocenters. The van der Waals surface area contributed by atoms with Crippen LogP contribution in [0.15, 0.2) is 35.1 Å². The maximum absolute atomic E-state index is 11.6. The first kappa shape index (κ1) is 9.58. The van der Waals surface area contributed by atoms with E-state index in [0.717, 1.165) is 10.9 Å². The summed E-state index contributed by atoms with van der Waals surface area (Å²) < 4.78 is 1.37. The highest BCUT2D eigenvalue weighted by Gasteiger charge is 2.06. The Labute approximate surface area is 86.7 Å². The summed E-state index contributed by atoms with van der Waals surface area (Å²) in [6, 6.07) is 8.88. The molecular formula is C11H12N2O2. The normalized spacial score (nSPS) is 10.5. The molecule has 2 N–H and O–H groups in total. The Hall–Kier alpha value is -1.97. The van der Waals surface area contributed by atoms with Crippen molar-refractivity contribution in [1.29, 1.82) is 0 Å². The maximum Gasteiger partial charge on any atom is 0.311 e. The molecule has 2 rings (SSSR count). The van der Waals surface area contributed by atoms with Crippen LogP contribution >= 0.6 is 0 Å². The number of hydrogen-bond donors (Lipinski definition) is 2. The first-order valence-electron chi connectivity index (χ1n) is 4.81. The number of fused-ring (bicyclic) bond motifs is 1. The molecule has 2 aromatic rings. The lowest BCUT2D eigenvalue weighted by atomic mass is 10.2. The quantitative estimate of drug-likeness (QED) is 0.774.